The first-order chi connectivity index (χ1) is 7.84. The van der Waals surface area contributed by atoms with Gasteiger partial charge in [-0.1, -0.05) is 23.8 Å². The largest absolute Gasteiger partial charge is 0.312 e. The van der Waals surface area contributed by atoms with Crippen molar-refractivity contribution in [3.05, 3.63) is 47.3 Å². The Morgan fingerprint density at radius 2 is 2.00 bits per heavy atom. The van der Waals surface area contributed by atoms with Gasteiger partial charge < -0.3 is 5.32 Å². The van der Waals surface area contributed by atoms with Gasteiger partial charge in [-0.3, -0.25) is 0 Å². The smallest absolute Gasteiger partial charge is 0.123 e. The third-order valence-corrected chi connectivity index (χ3v) is 3.00. The van der Waals surface area contributed by atoms with E-state index in [-0.39, 0.29) is 5.82 Å². The van der Waals surface area contributed by atoms with Gasteiger partial charge >= 0.3 is 0 Å². The van der Waals surface area contributed by atoms with Crippen LogP contribution >= 0.6 is 0 Å². The van der Waals surface area contributed by atoms with Crippen molar-refractivity contribution >= 4 is 0 Å². The standard InChI is InChI=1S/C14H18FN/c15-14-7-5-13(6-8-14)11-16-10-9-12-3-1-2-4-12/h3,5-8,16H,1-2,4,9-11H2. The highest BCUT2D eigenvalue weighted by atomic mass is 19.1. The topological polar surface area (TPSA) is 12.0 Å². The second kappa shape index (κ2) is 5.80. The van der Waals surface area contributed by atoms with Crippen LogP contribution in [-0.4, -0.2) is 6.54 Å². The number of hydrogen-bond donors (Lipinski definition) is 1. The normalized spacial score (nSPS) is 15.2. The lowest BCUT2D eigenvalue weighted by atomic mass is 10.1. The first kappa shape index (κ1) is 11.3. The van der Waals surface area contributed by atoms with Gasteiger partial charge in [-0.15, -0.1) is 0 Å². The van der Waals surface area contributed by atoms with Crippen molar-refractivity contribution in [3.8, 4) is 0 Å². The van der Waals surface area contributed by atoms with E-state index in [0.717, 1.165) is 25.1 Å². The monoisotopic (exact) mass is 219 g/mol. The quantitative estimate of drug-likeness (QED) is 0.591. The Bertz CT molecular complexity index is 354. The van der Waals surface area contributed by atoms with Crippen molar-refractivity contribution in [2.24, 2.45) is 0 Å². The molecule has 0 fully saturated rings. The molecule has 16 heavy (non-hydrogen) atoms. The third-order valence-electron chi connectivity index (χ3n) is 3.00. The predicted octanol–water partition coefficient (Wildman–Crippen LogP) is 3.42. The molecule has 0 bridgehead atoms. The zero-order valence-corrected chi connectivity index (χ0v) is 9.51. The second-order valence-electron chi connectivity index (χ2n) is 4.31. The lowest BCUT2D eigenvalue weighted by Crippen LogP contribution is -2.15. The van der Waals surface area contributed by atoms with E-state index in [1.165, 1.54) is 31.4 Å². The highest BCUT2D eigenvalue weighted by molar-refractivity contribution is 5.15. The summed E-state index contributed by atoms with van der Waals surface area (Å²) in [6.07, 6.45) is 7.37. The fourth-order valence-electron chi connectivity index (χ4n) is 2.05. The molecule has 1 N–H and O–H groups in total. The zero-order chi connectivity index (χ0) is 11.2. The Morgan fingerprint density at radius 1 is 1.19 bits per heavy atom. The lowest BCUT2D eigenvalue weighted by Gasteiger charge is -2.05. The fourth-order valence-corrected chi connectivity index (χ4v) is 2.05. The molecule has 0 heterocycles. The molecule has 0 aliphatic heterocycles. The second-order valence-corrected chi connectivity index (χ2v) is 4.31. The maximum Gasteiger partial charge on any atom is 0.123 e. The Labute approximate surface area is 96.4 Å². The van der Waals surface area contributed by atoms with Crippen LogP contribution in [0.4, 0.5) is 4.39 Å². The third kappa shape index (κ3) is 3.46. The number of halogens is 1. The number of allylic oxidation sites excluding steroid dienone is 1. The van der Waals surface area contributed by atoms with E-state index < -0.39 is 0 Å². The van der Waals surface area contributed by atoms with Crippen LogP contribution < -0.4 is 5.32 Å². The van der Waals surface area contributed by atoms with Crippen LogP contribution in [0.15, 0.2) is 35.9 Å². The summed E-state index contributed by atoms with van der Waals surface area (Å²) in [6, 6.07) is 6.68. The van der Waals surface area contributed by atoms with E-state index >= 15 is 0 Å². The molecular weight excluding hydrogens is 201 g/mol. The molecule has 1 aromatic rings. The Hall–Kier alpha value is -1.15. The fraction of sp³-hybridized carbons (Fsp3) is 0.429. The van der Waals surface area contributed by atoms with E-state index in [1.54, 1.807) is 5.57 Å². The minimum absolute atomic E-state index is 0.167. The van der Waals surface area contributed by atoms with Gasteiger partial charge in [-0.05, 0) is 49.9 Å². The van der Waals surface area contributed by atoms with Crippen LogP contribution in [0.25, 0.3) is 0 Å². The average molecular weight is 219 g/mol. The van der Waals surface area contributed by atoms with Crippen LogP contribution in [0.1, 0.15) is 31.2 Å². The number of rotatable bonds is 5. The molecule has 0 saturated heterocycles. The first-order valence-electron chi connectivity index (χ1n) is 5.98. The number of hydrogen-bond acceptors (Lipinski definition) is 1. The molecule has 0 atom stereocenters. The predicted molar refractivity (Wildman–Crippen MR) is 64.7 cm³/mol. The molecule has 86 valence electrons. The van der Waals surface area contributed by atoms with Crippen molar-refractivity contribution in [3.63, 3.8) is 0 Å². The van der Waals surface area contributed by atoms with Gasteiger partial charge in [0.1, 0.15) is 5.82 Å². The molecule has 0 aromatic heterocycles. The first-order valence-corrected chi connectivity index (χ1v) is 5.98. The van der Waals surface area contributed by atoms with E-state index in [0.29, 0.717) is 0 Å². The van der Waals surface area contributed by atoms with Crippen LogP contribution in [-0.2, 0) is 6.54 Å². The van der Waals surface area contributed by atoms with Gasteiger partial charge in [-0.2, -0.15) is 0 Å². The number of nitrogens with one attached hydrogen (secondary N) is 1. The molecule has 1 aliphatic carbocycles. The Morgan fingerprint density at radius 3 is 2.69 bits per heavy atom. The summed E-state index contributed by atoms with van der Waals surface area (Å²) in [7, 11) is 0. The van der Waals surface area contributed by atoms with Crippen molar-refractivity contribution in [2.45, 2.75) is 32.2 Å². The van der Waals surface area contributed by atoms with E-state index in [2.05, 4.69) is 11.4 Å². The van der Waals surface area contributed by atoms with Crippen molar-refractivity contribution in [1.82, 2.24) is 5.32 Å². The highest BCUT2D eigenvalue weighted by Gasteiger charge is 2.03. The van der Waals surface area contributed by atoms with Gasteiger partial charge in [0.25, 0.3) is 0 Å². The summed E-state index contributed by atoms with van der Waals surface area (Å²) in [4.78, 5) is 0. The van der Waals surface area contributed by atoms with Crippen LogP contribution in [0.2, 0.25) is 0 Å². The molecule has 2 rings (SSSR count). The van der Waals surface area contributed by atoms with Crippen LogP contribution in [0.3, 0.4) is 0 Å². The molecule has 1 nitrogen and oxygen atoms in total. The molecule has 0 amide bonds. The van der Waals surface area contributed by atoms with Gasteiger partial charge in [0, 0.05) is 6.54 Å². The van der Waals surface area contributed by atoms with Crippen LogP contribution in [0, 0.1) is 5.82 Å². The van der Waals surface area contributed by atoms with Crippen molar-refractivity contribution in [1.29, 1.82) is 0 Å². The van der Waals surface area contributed by atoms with Gasteiger partial charge in [0.15, 0.2) is 0 Å². The summed E-state index contributed by atoms with van der Waals surface area (Å²) in [5.41, 5.74) is 2.73. The summed E-state index contributed by atoms with van der Waals surface area (Å²) in [6.45, 7) is 1.84. The molecule has 2 heteroatoms. The molecule has 1 aliphatic rings. The van der Waals surface area contributed by atoms with Crippen LogP contribution in [0.5, 0.6) is 0 Å². The van der Waals surface area contributed by atoms with Crippen molar-refractivity contribution in [2.75, 3.05) is 6.54 Å². The molecule has 0 spiro atoms. The van der Waals surface area contributed by atoms with E-state index in [9.17, 15) is 4.39 Å². The molecular formula is C14H18FN. The molecule has 1 aromatic carbocycles. The van der Waals surface area contributed by atoms with E-state index in [1.807, 2.05) is 12.1 Å². The molecule has 0 saturated carbocycles. The van der Waals surface area contributed by atoms with Gasteiger partial charge in [0.2, 0.25) is 0 Å². The van der Waals surface area contributed by atoms with Gasteiger partial charge in [0.05, 0.1) is 0 Å². The number of benzene rings is 1. The SMILES string of the molecule is Fc1ccc(CNCCC2=CCCC2)cc1. The summed E-state index contributed by atoms with van der Waals surface area (Å²) >= 11 is 0. The maximum atomic E-state index is 12.7. The van der Waals surface area contributed by atoms with E-state index in [4.69, 9.17) is 0 Å². The minimum Gasteiger partial charge on any atom is -0.312 e. The minimum atomic E-state index is -0.167. The summed E-state index contributed by atoms with van der Waals surface area (Å²) in [5, 5.41) is 3.38. The maximum absolute atomic E-state index is 12.7. The Kier molecular flexibility index (Phi) is 4.11. The summed E-state index contributed by atoms with van der Waals surface area (Å²) in [5.74, 6) is -0.167. The van der Waals surface area contributed by atoms with Crippen molar-refractivity contribution < 1.29 is 4.39 Å². The Balaban J connectivity index is 1.66. The van der Waals surface area contributed by atoms with Gasteiger partial charge in [-0.25, -0.2) is 4.39 Å². The zero-order valence-electron chi connectivity index (χ0n) is 9.51. The highest BCUT2D eigenvalue weighted by Crippen LogP contribution is 2.19. The molecule has 0 radical (unpaired) electrons. The average Bonchev–Trinajstić information content (AvgIpc) is 2.80. The summed E-state index contributed by atoms with van der Waals surface area (Å²) < 4.78 is 12.7. The lowest BCUT2D eigenvalue weighted by molar-refractivity contribution is 0.624. The molecule has 0 unspecified atom stereocenters.